The van der Waals surface area contributed by atoms with Gasteiger partial charge in [-0.3, -0.25) is 0 Å². The van der Waals surface area contributed by atoms with Crippen LogP contribution in [0.3, 0.4) is 0 Å². The van der Waals surface area contributed by atoms with Gasteiger partial charge < -0.3 is 5.32 Å². The molecule has 0 aliphatic carbocycles. The third-order valence-electron chi connectivity index (χ3n) is 2.10. The first kappa shape index (κ1) is 9.47. The molecule has 2 aromatic rings. The lowest BCUT2D eigenvalue weighted by molar-refractivity contribution is 1.07. The number of nitrogens with one attached hydrogen (secondary N) is 1. The van der Waals surface area contributed by atoms with Crippen LogP contribution in [0.5, 0.6) is 0 Å². The number of rotatable bonds is 3. The summed E-state index contributed by atoms with van der Waals surface area (Å²) in [6, 6.07) is 7.88. The fourth-order valence-corrected chi connectivity index (χ4v) is 1.40. The Kier molecular flexibility index (Phi) is 2.80. The van der Waals surface area contributed by atoms with E-state index in [9.17, 15) is 0 Å². The van der Waals surface area contributed by atoms with Gasteiger partial charge in [0.15, 0.2) is 0 Å². The van der Waals surface area contributed by atoms with Crippen molar-refractivity contribution in [3.05, 3.63) is 30.6 Å². The maximum atomic E-state index is 5.18. The number of aromatic nitrogens is 2. The molecular weight excluding hydrogens is 186 g/mol. The first-order chi connectivity index (χ1) is 7.42. The highest BCUT2D eigenvalue weighted by atomic mass is 15.0. The van der Waals surface area contributed by atoms with E-state index >= 15 is 0 Å². The molecule has 0 amide bonds. The van der Waals surface area contributed by atoms with Crippen molar-refractivity contribution in [3.8, 4) is 12.3 Å². The lowest BCUT2D eigenvalue weighted by atomic mass is 10.2. The molecule has 0 saturated carbocycles. The van der Waals surface area contributed by atoms with Gasteiger partial charge in [0.05, 0.1) is 5.52 Å². The molecule has 0 aliphatic rings. The van der Waals surface area contributed by atoms with Crippen molar-refractivity contribution >= 4 is 16.7 Å². The number of fused-ring (bicyclic) bond motifs is 1. The van der Waals surface area contributed by atoms with E-state index in [-0.39, 0.29) is 0 Å². The van der Waals surface area contributed by atoms with Crippen molar-refractivity contribution in [2.75, 3.05) is 11.9 Å². The Bertz CT molecular complexity index is 494. The fraction of sp³-hybridized carbons (Fsp3) is 0.167. The van der Waals surface area contributed by atoms with Gasteiger partial charge in [0.1, 0.15) is 12.1 Å². The fourth-order valence-electron chi connectivity index (χ4n) is 1.40. The van der Waals surface area contributed by atoms with Crippen molar-refractivity contribution in [2.45, 2.75) is 6.42 Å². The van der Waals surface area contributed by atoms with E-state index in [1.54, 1.807) is 6.33 Å². The minimum absolute atomic E-state index is 0.693. The molecule has 0 spiro atoms. The largest absolute Gasteiger partial charge is 0.369 e. The van der Waals surface area contributed by atoms with Crippen LogP contribution in [-0.2, 0) is 0 Å². The van der Waals surface area contributed by atoms with Gasteiger partial charge in [-0.2, -0.15) is 0 Å². The second-order valence-electron chi connectivity index (χ2n) is 3.12. The lowest BCUT2D eigenvalue weighted by Gasteiger charge is -2.05. The van der Waals surface area contributed by atoms with Crippen molar-refractivity contribution in [3.63, 3.8) is 0 Å². The number of terminal acetylenes is 1. The van der Waals surface area contributed by atoms with Gasteiger partial charge in [-0.15, -0.1) is 12.3 Å². The molecule has 0 radical (unpaired) electrons. The van der Waals surface area contributed by atoms with Crippen LogP contribution in [-0.4, -0.2) is 16.5 Å². The number of anilines is 1. The summed E-state index contributed by atoms with van der Waals surface area (Å²) >= 11 is 0. The van der Waals surface area contributed by atoms with Gasteiger partial charge in [-0.05, 0) is 12.1 Å². The zero-order valence-corrected chi connectivity index (χ0v) is 8.27. The first-order valence-electron chi connectivity index (χ1n) is 4.79. The standard InChI is InChI=1S/C12H11N3/c1-2-3-8-13-12-10-6-4-5-7-11(10)14-9-15-12/h1,4-7,9H,3,8H2,(H,13,14,15). The SMILES string of the molecule is C#CCCNc1ncnc2ccccc12. The lowest BCUT2D eigenvalue weighted by Crippen LogP contribution is -2.03. The minimum atomic E-state index is 0.693. The van der Waals surface area contributed by atoms with Crippen LogP contribution in [0.4, 0.5) is 5.82 Å². The summed E-state index contributed by atoms with van der Waals surface area (Å²) in [6.45, 7) is 0.734. The molecule has 0 atom stereocenters. The Balaban J connectivity index is 2.31. The highest BCUT2D eigenvalue weighted by molar-refractivity contribution is 5.88. The Morgan fingerprint density at radius 3 is 3.00 bits per heavy atom. The van der Waals surface area contributed by atoms with Crippen LogP contribution < -0.4 is 5.32 Å². The van der Waals surface area contributed by atoms with Crippen molar-refractivity contribution in [2.24, 2.45) is 0 Å². The monoisotopic (exact) mass is 197 g/mol. The van der Waals surface area contributed by atoms with E-state index in [1.165, 1.54) is 0 Å². The van der Waals surface area contributed by atoms with E-state index in [0.717, 1.165) is 23.3 Å². The topological polar surface area (TPSA) is 37.8 Å². The Hall–Kier alpha value is -2.08. The van der Waals surface area contributed by atoms with Crippen molar-refractivity contribution < 1.29 is 0 Å². The quantitative estimate of drug-likeness (QED) is 0.604. The number of nitrogens with zero attached hydrogens (tertiary/aromatic N) is 2. The second-order valence-corrected chi connectivity index (χ2v) is 3.12. The second kappa shape index (κ2) is 4.43. The van der Waals surface area contributed by atoms with Crippen LogP contribution in [0.2, 0.25) is 0 Å². The third-order valence-corrected chi connectivity index (χ3v) is 2.10. The zero-order chi connectivity index (χ0) is 10.5. The predicted octanol–water partition coefficient (Wildman–Crippen LogP) is 2.06. The molecule has 3 heteroatoms. The molecule has 15 heavy (non-hydrogen) atoms. The molecule has 0 saturated heterocycles. The normalized spacial score (nSPS) is 9.80. The van der Waals surface area contributed by atoms with E-state index in [2.05, 4.69) is 21.2 Å². The van der Waals surface area contributed by atoms with Gasteiger partial charge in [-0.1, -0.05) is 12.1 Å². The van der Waals surface area contributed by atoms with E-state index in [0.29, 0.717) is 6.42 Å². The number of hydrogen-bond acceptors (Lipinski definition) is 3. The highest BCUT2D eigenvalue weighted by Gasteiger charge is 2.00. The maximum Gasteiger partial charge on any atom is 0.137 e. The Labute approximate surface area is 88.6 Å². The number of para-hydroxylation sites is 1. The smallest absolute Gasteiger partial charge is 0.137 e. The molecular formula is C12H11N3. The van der Waals surface area contributed by atoms with Crippen LogP contribution in [0, 0.1) is 12.3 Å². The van der Waals surface area contributed by atoms with Gasteiger partial charge in [0, 0.05) is 18.4 Å². The van der Waals surface area contributed by atoms with Gasteiger partial charge >= 0.3 is 0 Å². The molecule has 0 aliphatic heterocycles. The van der Waals surface area contributed by atoms with E-state index in [4.69, 9.17) is 6.42 Å². The van der Waals surface area contributed by atoms with Crippen molar-refractivity contribution in [1.29, 1.82) is 0 Å². The highest BCUT2D eigenvalue weighted by Crippen LogP contribution is 2.17. The molecule has 0 fully saturated rings. The molecule has 1 aromatic carbocycles. The number of benzene rings is 1. The summed E-state index contributed by atoms with van der Waals surface area (Å²) in [5.74, 6) is 3.42. The van der Waals surface area contributed by atoms with E-state index in [1.807, 2.05) is 24.3 Å². The average molecular weight is 197 g/mol. The van der Waals surface area contributed by atoms with Crippen LogP contribution in [0.15, 0.2) is 30.6 Å². The van der Waals surface area contributed by atoms with Crippen molar-refractivity contribution in [1.82, 2.24) is 9.97 Å². The summed E-state index contributed by atoms with van der Waals surface area (Å²) in [6.07, 6.45) is 7.43. The van der Waals surface area contributed by atoms with Gasteiger partial charge in [-0.25, -0.2) is 9.97 Å². The van der Waals surface area contributed by atoms with E-state index < -0.39 is 0 Å². The summed E-state index contributed by atoms with van der Waals surface area (Å²) in [7, 11) is 0. The summed E-state index contributed by atoms with van der Waals surface area (Å²) in [5.41, 5.74) is 0.940. The van der Waals surface area contributed by atoms with Crippen LogP contribution >= 0.6 is 0 Å². The third kappa shape index (κ3) is 2.05. The molecule has 3 nitrogen and oxygen atoms in total. The molecule has 1 N–H and O–H groups in total. The molecule has 2 rings (SSSR count). The first-order valence-corrected chi connectivity index (χ1v) is 4.79. The molecule has 1 aromatic heterocycles. The molecule has 74 valence electrons. The zero-order valence-electron chi connectivity index (χ0n) is 8.27. The summed E-state index contributed by atoms with van der Waals surface area (Å²) < 4.78 is 0. The predicted molar refractivity (Wildman–Crippen MR) is 61.5 cm³/mol. The van der Waals surface area contributed by atoms with Gasteiger partial charge in [0.25, 0.3) is 0 Å². The Morgan fingerprint density at radius 2 is 2.13 bits per heavy atom. The number of hydrogen-bond donors (Lipinski definition) is 1. The maximum absolute atomic E-state index is 5.18. The van der Waals surface area contributed by atoms with Crippen LogP contribution in [0.25, 0.3) is 10.9 Å². The molecule has 0 bridgehead atoms. The minimum Gasteiger partial charge on any atom is -0.369 e. The molecule has 0 unspecified atom stereocenters. The summed E-state index contributed by atoms with van der Waals surface area (Å²) in [5, 5.41) is 4.22. The van der Waals surface area contributed by atoms with Crippen LogP contribution in [0.1, 0.15) is 6.42 Å². The van der Waals surface area contributed by atoms with Gasteiger partial charge in [0.2, 0.25) is 0 Å². The Morgan fingerprint density at radius 1 is 1.27 bits per heavy atom. The average Bonchev–Trinajstić information content (AvgIpc) is 2.30. The summed E-state index contributed by atoms with van der Waals surface area (Å²) in [4.78, 5) is 8.37. The molecule has 1 heterocycles.